The summed E-state index contributed by atoms with van der Waals surface area (Å²) >= 11 is 5.89. The van der Waals surface area contributed by atoms with Crippen LogP contribution in [0.4, 0.5) is 5.82 Å². The number of aliphatic hydroxyl groups excluding tert-OH is 1. The first kappa shape index (κ1) is 10.6. The Balaban J connectivity index is 2.05. The van der Waals surface area contributed by atoms with Crippen LogP contribution in [0.25, 0.3) is 0 Å². The van der Waals surface area contributed by atoms with Gasteiger partial charge in [0.1, 0.15) is 0 Å². The van der Waals surface area contributed by atoms with Crippen LogP contribution < -0.4 is 5.32 Å². The molecule has 5 heteroatoms. The van der Waals surface area contributed by atoms with E-state index in [9.17, 15) is 5.11 Å². The number of aromatic nitrogens is 2. The van der Waals surface area contributed by atoms with Crippen LogP contribution in [0.2, 0.25) is 5.15 Å². The quantitative estimate of drug-likeness (QED) is 0.826. The fourth-order valence-corrected chi connectivity index (χ4v) is 2.20. The lowest BCUT2D eigenvalue weighted by Crippen LogP contribution is -2.27. The van der Waals surface area contributed by atoms with Gasteiger partial charge in [0.25, 0.3) is 0 Å². The highest BCUT2D eigenvalue weighted by Crippen LogP contribution is 2.28. The Morgan fingerprint density at radius 1 is 1.40 bits per heavy atom. The molecule has 1 aliphatic rings. The van der Waals surface area contributed by atoms with E-state index >= 15 is 0 Å². The molecule has 1 aromatic heterocycles. The molecule has 0 spiro atoms. The third kappa shape index (κ3) is 2.38. The molecule has 0 aromatic carbocycles. The van der Waals surface area contributed by atoms with Gasteiger partial charge in [-0.15, -0.1) is 0 Å². The molecule has 1 fully saturated rings. The topological polar surface area (TPSA) is 58.0 Å². The highest BCUT2D eigenvalue weighted by molar-refractivity contribution is 6.31. The minimum absolute atomic E-state index is 0.218. The van der Waals surface area contributed by atoms with E-state index in [1.165, 1.54) is 0 Å². The van der Waals surface area contributed by atoms with Crippen molar-refractivity contribution in [2.24, 2.45) is 5.92 Å². The van der Waals surface area contributed by atoms with Crippen molar-refractivity contribution < 1.29 is 5.11 Å². The van der Waals surface area contributed by atoms with Crippen molar-refractivity contribution >= 4 is 17.4 Å². The zero-order valence-electron chi connectivity index (χ0n) is 8.36. The maximum Gasteiger partial charge on any atom is 0.171 e. The summed E-state index contributed by atoms with van der Waals surface area (Å²) in [6, 6.07) is 0.268. The van der Waals surface area contributed by atoms with Gasteiger partial charge in [-0.05, 0) is 12.8 Å². The van der Waals surface area contributed by atoms with E-state index in [-0.39, 0.29) is 12.6 Å². The van der Waals surface area contributed by atoms with Crippen molar-refractivity contribution in [3.63, 3.8) is 0 Å². The van der Waals surface area contributed by atoms with Crippen LogP contribution in [0.15, 0.2) is 12.4 Å². The van der Waals surface area contributed by atoms with Crippen molar-refractivity contribution in [3.05, 3.63) is 17.5 Å². The van der Waals surface area contributed by atoms with Crippen LogP contribution in [0.1, 0.15) is 19.3 Å². The molecule has 4 nitrogen and oxygen atoms in total. The number of hydrogen-bond donors (Lipinski definition) is 2. The summed E-state index contributed by atoms with van der Waals surface area (Å²) in [6.45, 7) is 0.218. The van der Waals surface area contributed by atoms with Crippen LogP contribution in [0, 0.1) is 5.92 Å². The molecule has 0 bridgehead atoms. The summed E-state index contributed by atoms with van der Waals surface area (Å²) < 4.78 is 0. The SMILES string of the molecule is OCC1CCCC1Nc1nccnc1Cl. The summed E-state index contributed by atoms with van der Waals surface area (Å²) in [5.41, 5.74) is 0. The minimum atomic E-state index is 0.218. The van der Waals surface area contributed by atoms with Gasteiger partial charge in [0.05, 0.1) is 0 Å². The fourth-order valence-electron chi connectivity index (χ4n) is 2.04. The molecule has 2 N–H and O–H groups in total. The largest absolute Gasteiger partial charge is 0.396 e. The van der Waals surface area contributed by atoms with Gasteiger partial charge < -0.3 is 10.4 Å². The molecular weight excluding hydrogens is 214 g/mol. The van der Waals surface area contributed by atoms with Gasteiger partial charge in [-0.3, -0.25) is 0 Å². The predicted molar refractivity (Wildman–Crippen MR) is 58.9 cm³/mol. The van der Waals surface area contributed by atoms with E-state index in [1.54, 1.807) is 12.4 Å². The van der Waals surface area contributed by atoms with Crippen LogP contribution in [0.3, 0.4) is 0 Å². The zero-order chi connectivity index (χ0) is 10.7. The Morgan fingerprint density at radius 3 is 2.93 bits per heavy atom. The van der Waals surface area contributed by atoms with Gasteiger partial charge in [0.2, 0.25) is 0 Å². The summed E-state index contributed by atoms with van der Waals surface area (Å²) in [4.78, 5) is 8.07. The number of aliphatic hydroxyl groups is 1. The molecule has 15 heavy (non-hydrogen) atoms. The van der Waals surface area contributed by atoms with E-state index in [1.807, 2.05) is 0 Å². The smallest absolute Gasteiger partial charge is 0.171 e. The average molecular weight is 228 g/mol. The molecule has 0 amide bonds. The van der Waals surface area contributed by atoms with Crippen molar-refractivity contribution in [1.82, 2.24) is 9.97 Å². The Kier molecular flexibility index (Phi) is 3.38. The molecule has 1 heterocycles. The second kappa shape index (κ2) is 4.77. The van der Waals surface area contributed by atoms with E-state index in [0.29, 0.717) is 16.9 Å². The van der Waals surface area contributed by atoms with Crippen LogP contribution in [-0.2, 0) is 0 Å². The standard InChI is InChI=1S/C10H14ClN3O/c11-9-10(13-5-4-12-9)14-8-3-1-2-7(8)6-15/h4-5,7-8,15H,1-3,6H2,(H,13,14). The predicted octanol–water partition coefficient (Wildman–Crippen LogP) is 1.70. The average Bonchev–Trinajstić information content (AvgIpc) is 2.69. The van der Waals surface area contributed by atoms with Gasteiger partial charge in [0, 0.05) is 31.0 Å². The molecule has 2 unspecified atom stereocenters. The highest BCUT2D eigenvalue weighted by Gasteiger charge is 2.27. The van der Waals surface area contributed by atoms with Gasteiger partial charge in [-0.2, -0.15) is 0 Å². The Morgan fingerprint density at radius 2 is 2.20 bits per heavy atom. The number of rotatable bonds is 3. The first-order valence-electron chi connectivity index (χ1n) is 5.15. The van der Waals surface area contributed by atoms with E-state index < -0.39 is 0 Å². The molecule has 1 saturated carbocycles. The van der Waals surface area contributed by atoms with Crippen molar-refractivity contribution in [2.75, 3.05) is 11.9 Å². The van der Waals surface area contributed by atoms with E-state index in [0.717, 1.165) is 19.3 Å². The van der Waals surface area contributed by atoms with Crippen molar-refractivity contribution in [3.8, 4) is 0 Å². The van der Waals surface area contributed by atoms with Gasteiger partial charge >= 0.3 is 0 Å². The Hall–Kier alpha value is -0.870. The second-order valence-corrected chi connectivity index (χ2v) is 4.18. The molecule has 0 saturated heterocycles. The van der Waals surface area contributed by atoms with E-state index in [2.05, 4.69) is 15.3 Å². The van der Waals surface area contributed by atoms with Gasteiger partial charge in [-0.1, -0.05) is 18.0 Å². The fraction of sp³-hybridized carbons (Fsp3) is 0.600. The molecule has 0 aliphatic heterocycles. The van der Waals surface area contributed by atoms with Crippen LogP contribution >= 0.6 is 11.6 Å². The Labute approximate surface area is 93.7 Å². The van der Waals surface area contributed by atoms with E-state index in [4.69, 9.17) is 11.6 Å². The number of anilines is 1. The molecule has 1 aliphatic carbocycles. The normalized spacial score (nSPS) is 25.5. The van der Waals surface area contributed by atoms with Crippen molar-refractivity contribution in [2.45, 2.75) is 25.3 Å². The lowest BCUT2D eigenvalue weighted by Gasteiger charge is -2.19. The highest BCUT2D eigenvalue weighted by atomic mass is 35.5. The summed E-state index contributed by atoms with van der Waals surface area (Å²) in [7, 11) is 0. The third-order valence-electron chi connectivity index (χ3n) is 2.87. The third-order valence-corrected chi connectivity index (χ3v) is 3.15. The summed E-state index contributed by atoms with van der Waals surface area (Å²) in [5, 5.41) is 12.8. The van der Waals surface area contributed by atoms with Crippen molar-refractivity contribution in [1.29, 1.82) is 0 Å². The molecular formula is C10H14ClN3O. The molecule has 1 aromatic rings. The van der Waals surface area contributed by atoms with Crippen LogP contribution in [0.5, 0.6) is 0 Å². The number of hydrogen-bond acceptors (Lipinski definition) is 4. The molecule has 0 radical (unpaired) electrons. The minimum Gasteiger partial charge on any atom is -0.396 e. The second-order valence-electron chi connectivity index (χ2n) is 3.82. The Bertz CT molecular complexity index is 334. The van der Waals surface area contributed by atoms with Gasteiger partial charge in [0.15, 0.2) is 11.0 Å². The lowest BCUT2D eigenvalue weighted by molar-refractivity contribution is 0.222. The maximum absolute atomic E-state index is 9.17. The first-order chi connectivity index (χ1) is 7.31. The monoisotopic (exact) mass is 227 g/mol. The zero-order valence-corrected chi connectivity index (χ0v) is 9.11. The number of nitrogens with one attached hydrogen (secondary N) is 1. The summed E-state index contributed by atoms with van der Waals surface area (Å²) in [6.07, 6.45) is 6.42. The summed E-state index contributed by atoms with van der Waals surface area (Å²) in [5.74, 6) is 0.924. The molecule has 82 valence electrons. The number of nitrogens with zero attached hydrogens (tertiary/aromatic N) is 2. The molecule has 2 atom stereocenters. The number of halogens is 1. The maximum atomic E-state index is 9.17. The molecule has 2 rings (SSSR count). The van der Waals surface area contributed by atoms with Crippen LogP contribution in [-0.4, -0.2) is 27.7 Å². The first-order valence-corrected chi connectivity index (χ1v) is 5.53. The lowest BCUT2D eigenvalue weighted by atomic mass is 10.1. The van der Waals surface area contributed by atoms with Gasteiger partial charge in [-0.25, -0.2) is 9.97 Å².